The van der Waals surface area contributed by atoms with Crippen molar-refractivity contribution in [3.63, 3.8) is 0 Å². The molecule has 0 saturated heterocycles. The fourth-order valence-corrected chi connectivity index (χ4v) is 5.33. The van der Waals surface area contributed by atoms with Crippen LogP contribution in [0.4, 0.5) is 5.00 Å². The number of imide groups is 1. The minimum absolute atomic E-state index is 0.208. The minimum Gasteiger partial charge on any atom is -0.352 e. The maximum atomic E-state index is 13.0. The van der Waals surface area contributed by atoms with Crippen LogP contribution in [0, 0.1) is 0 Å². The summed E-state index contributed by atoms with van der Waals surface area (Å²) in [5.74, 6) is -1.66. The summed E-state index contributed by atoms with van der Waals surface area (Å²) in [6.07, 6.45) is 3.76. The first-order chi connectivity index (χ1) is 14.4. The highest BCUT2D eigenvalue weighted by atomic mass is 32.1. The van der Waals surface area contributed by atoms with Gasteiger partial charge in [-0.3, -0.25) is 24.1 Å². The first-order valence-corrected chi connectivity index (χ1v) is 11.0. The fourth-order valence-electron chi connectivity index (χ4n) is 4.04. The number of thiophene rings is 1. The smallest absolute Gasteiger partial charge is 0.262 e. The number of nitrogens with one attached hydrogen (secondary N) is 2. The van der Waals surface area contributed by atoms with Crippen LogP contribution < -0.4 is 10.6 Å². The molecule has 4 amide bonds. The predicted molar refractivity (Wildman–Crippen MR) is 114 cm³/mol. The molecule has 0 spiro atoms. The van der Waals surface area contributed by atoms with E-state index in [9.17, 15) is 19.2 Å². The standard InChI is InChI=1S/C22H23N3O4S/c1-3-23-19(27)17-15-10-6-7-11-16(15)30-20(17)24-18(26)12(2)25-21(28)13-8-4-5-9-14(13)22(25)29/h4-5,8-9,12H,3,6-7,10-11H2,1-2H3,(H,23,27)(H,24,26). The first kappa shape index (κ1) is 20.3. The number of aryl methyl sites for hydroxylation is 1. The second-order valence-corrected chi connectivity index (χ2v) is 8.57. The molecule has 0 radical (unpaired) electrons. The van der Waals surface area contributed by atoms with E-state index in [0.717, 1.165) is 41.0 Å². The molecule has 2 aromatic rings. The van der Waals surface area contributed by atoms with E-state index in [1.807, 2.05) is 6.92 Å². The van der Waals surface area contributed by atoms with E-state index in [1.165, 1.54) is 18.3 Å². The molecule has 4 rings (SSSR count). The van der Waals surface area contributed by atoms with Crippen LogP contribution in [0.5, 0.6) is 0 Å². The van der Waals surface area contributed by atoms with Gasteiger partial charge in [-0.05, 0) is 57.2 Å². The Balaban J connectivity index is 1.60. The van der Waals surface area contributed by atoms with Crippen molar-refractivity contribution in [3.05, 3.63) is 51.4 Å². The van der Waals surface area contributed by atoms with Gasteiger partial charge in [0, 0.05) is 11.4 Å². The van der Waals surface area contributed by atoms with Crippen LogP contribution in [0.25, 0.3) is 0 Å². The Hall–Kier alpha value is -3.00. The van der Waals surface area contributed by atoms with E-state index in [-0.39, 0.29) is 5.91 Å². The monoisotopic (exact) mass is 425 g/mol. The highest BCUT2D eigenvalue weighted by Crippen LogP contribution is 2.38. The summed E-state index contributed by atoms with van der Waals surface area (Å²) < 4.78 is 0. The molecule has 2 heterocycles. The van der Waals surface area contributed by atoms with Crippen molar-refractivity contribution in [1.29, 1.82) is 0 Å². The van der Waals surface area contributed by atoms with Crippen LogP contribution in [-0.2, 0) is 17.6 Å². The van der Waals surface area contributed by atoms with Crippen LogP contribution in [0.1, 0.15) is 68.2 Å². The van der Waals surface area contributed by atoms with Gasteiger partial charge in [0.05, 0.1) is 16.7 Å². The zero-order valence-electron chi connectivity index (χ0n) is 16.9. The number of carbonyl (C=O) groups excluding carboxylic acids is 4. The summed E-state index contributed by atoms with van der Waals surface area (Å²) in [6, 6.07) is 5.54. The normalized spacial score (nSPS) is 16.1. The van der Waals surface area contributed by atoms with Gasteiger partial charge in [-0.2, -0.15) is 0 Å². The first-order valence-electron chi connectivity index (χ1n) is 10.1. The minimum atomic E-state index is -1.00. The van der Waals surface area contributed by atoms with Gasteiger partial charge in [-0.1, -0.05) is 12.1 Å². The summed E-state index contributed by atoms with van der Waals surface area (Å²) in [5, 5.41) is 6.13. The number of benzene rings is 1. The Morgan fingerprint density at radius 1 is 1.10 bits per heavy atom. The number of nitrogens with zero attached hydrogens (tertiary/aromatic N) is 1. The van der Waals surface area contributed by atoms with Crippen LogP contribution in [0.15, 0.2) is 24.3 Å². The summed E-state index contributed by atoms with van der Waals surface area (Å²) in [5.41, 5.74) is 2.12. The lowest BCUT2D eigenvalue weighted by molar-refractivity contribution is -0.119. The third-order valence-corrected chi connectivity index (χ3v) is 6.77. The zero-order chi connectivity index (χ0) is 21.4. The summed E-state index contributed by atoms with van der Waals surface area (Å²) in [6.45, 7) is 3.86. The predicted octanol–water partition coefficient (Wildman–Crippen LogP) is 3.00. The molecule has 1 atom stereocenters. The molecule has 7 nitrogen and oxygen atoms in total. The highest BCUT2D eigenvalue weighted by Gasteiger charge is 2.41. The lowest BCUT2D eigenvalue weighted by Gasteiger charge is -2.21. The van der Waals surface area contributed by atoms with E-state index in [1.54, 1.807) is 24.3 Å². The number of fused-ring (bicyclic) bond motifs is 2. The topological polar surface area (TPSA) is 95.6 Å². The second kappa shape index (κ2) is 8.02. The average molecular weight is 426 g/mol. The van der Waals surface area contributed by atoms with Crippen molar-refractivity contribution in [2.24, 2.45) is 0 Å². The number of rotatable bonds is 5. The van der Waals surface area contributed by atoms with Gasteiger partial charge in [0.1, 0.15) is 11.0 Å². The van der Waals surface area contributed by atoms with Gasteiger partial charge in [0.15, 0.2) is 0 Å². The van der Waals surface area contributed by atoms with Crippen LogP contribution >= 0.6 is 11.3 Å². The van der Waals surface area contributed by atoms with Crippen molar-refractivity contribution in [2.75, 3.05) is 11.9 Å². The van der Waals surface area contributed by atoms with Crippen LogP contribution in [0.2, 0.25) is 0 Å². The molecule has 8 heteroatoms. The molecular formula is C22H23N3O4S. The van der Waals surface area contributed by atoms with Gasteiger partial charge in [0.25, 0.3) is 17.7 Å². The van der Waals surface area contributed by atoms with Gasteiger partial charge in [-0.25, -0.2) is 0 Å². The summed E-state index contributed by atoms with van der Waals surface area (Å²) in [7, 11) is 0. The maximum Gasteiger partial charge on any atom is 0.262 e. The lowest BCUT2D eigenvalue weighted by Crippen LogP contribution is -2.45. The van der Waals surface area contributed by atoms with Crippen molar-refractivity contribution in [2.45, 2.75) is 45.6 Å². The van der Waals surface area contributed by atoms with Crippen molar-refractivity contribution < 1.29 is 19.2 Å². The fraction of sp³-hybridized carbons (Fsp3) is 0.364. The van der Waals surface area contributed by atoms with Crippen molar-refractivity contribution >= 4 is 40.0 Å². The molecule has 156 valence electrons. The van der Waals surface area contributed by atoms with E-state index in [0.29, 0.717) is 28.2 Å². The van der Waals surface area contributed by atoms with E-state index in [2.05, 4.69) is 10.6 Å². The Morgan fingerprint density at radius 2 is 1.73 bits per heavy atom. The lowest BCUT2D eigenvalue weighted by atomic mass is 9.95. The molecule has 30 heavy (non-hydrogen) atoms. The average Bonchev–Trinajstić information content (AvgIpc) is 3.22. The molecule has 1 unspecified atom stereocenters. The molecule has 1 aliphatic carbocycles. The Bertz CT molecular complexity index is 1020. The Labute approximate surface area is 178 Å². The molecule has 1 aromatic carbocycles. The van der Waals surface area contributed by atoms with Crippen molar-refractivity contribution in [1.82, 2.24) is 10.2 Å². The SMILES string of the molecule is CCNC(=O)c1c(NC(=O)C(C)N2C(=O)c3ccccc3C2=O)sc2c1CCCC2. The largest absolute Gasteiger partial charge is 0.352 e. The number of hydrogen-bond donors (Lipinski definition) is 2. The van der Waals surface area contributed by atoms with E-state index >= 15 is 0 Å². The summed E-state index contributed by atoms with van der Waals surface area (Å²) >= 11 is 1.41. The zero-order valence-corrected chi connectivity index (χ0v) is 17.7. The van der Waals surface area contributed by atoms with Crippen molar-refractivity contribution in [3.8, 4) is 0 Å². The van der Waals surface area contributed by atoms with E-state index in [4.69, 9.17) is 0 Å². The molecule has 0 fully saturated rings. The summed E-state index contributed by atoms with van der Waals surface area (Å²) in [4.78, 5) is 53.2. The molecule has 0 saturated carbocycles. The quantitative estimate of drug-likeness (QED) is 0.720. The Kier molecular flexibility index (Phi) is 5.42. The second-order valence-electron chi connectivity index (χ2n) is 7.47. The third kappa shape index (κ3) is 3.31. The molecule has 2 N–H and O–H groups in total. The van der Waals surface area contributed by atoms with Gasteiger partial charge < -0.3 is 10.6 Å². The molecule has 2 aliphatic rings. The molecule has 0 bridgehead atoms. The van der Waals surface area contributed by atoms with Gasteiger partial charge in [0.2, 0.25) is 5.91 Å². The van der Waals surface area contributed by atoms with E-state index < -0.39 is 23.8 Å². The Morgan fingerprint density at radius 3 is 2.37 bits per heavy atom. The maximum absolute atomic E-state index is 13.0. The van der Waals surface area contributed by atoms with Crippen LogP contribution in [0.3, 0.4) is 0 Å². The number of hydrogen-bond acceptors (Lipinski definition) is 5. The number of anilines is 1. The number of amides is 4. The van der Waals surface area contributed by atoms with Gasteiger partial charge >= 0.3 is 0 Å². The highest BCUT2D eigenvalue weighted by molar-refractivity contribution is 7.17. The third-order valence-electron chi connectivity index (χ3n) is 5.56. The molecular weight excluding hydrogens is 402 g/mol. The molecule has 1 aromatic heterocycles. The van der Waals surface area contributed by atoms with Crippen LogP contribution in [-0.4, -0.2) is 41.1 Å². The van der Waals surface area contributed by atoms with Gasteiger partial charge in [-0.15, -0.1) is 11.3 Å². The molecule has 1 aliphatic heterocycles. The number of carbonyl (C=O) groups is 4.